The van der Waals surface area contributed by atoms with E-state index < -0.39 is 0 Å². The summed E-state index contributed by atoms with van der Waals surface area (Å²) in [5.74, 6) is -0.0450. The zero-order valence-corrected chi connectivity index (χ0v) is 15.0. The number of benzene rings is 2. The lowest BCUT2D eigenvalue weighted by atomic mass is 10.0. The van der Waals surface area contributed by atoms with Crippen LogP contribution in [0.25, 0.3) is 22.2 Å². The van der Waals surface area contributed by atoms with Gasteiger partial charge in [-0.05, 0) is 17.7 Å². The maximum atomic E-state index is 13.2. The maximum Gasteiger partial charge on any atom is 0.254 e. The summed E-state index contributed by atoms with van der Waals surface area (Å²) in [5.41, 5.74) is 4.24. The molecule has 27 heavy (non-hydrogen) atoms. The molecule has 0 radical (unpaired) electrons. The summed E-state index contributed by atoms with van der Waals surface area (Å²) in [7, 11) is 1.82. The highest BCUT2D eigenvalue weighted by Gasteiger charge is 2.18. The van der Waals surface area contributed by atoms with Gasteiger partial charge in [-0.3, -0.25) is 9.78 Å². The van der Waals surface area contributed by atoms with E-state index >= 15 is 0 Å². The Hall–Kier alpha value is -3.53. The third kappa shape index (κ3) is 3.55. The fourth-order valence-corrected chi connectivity index (χ4v) is 3.14. The van der Waals surface area contributed by atoms with E-state index in [4.69, 9.17) is 4.98 Å². The molecule has 4 rings (SSSR count). The molecule has 0 aliphatic heterocycles. The van der Waals surface area contributed by atoms with Crippen LogP contribution in [0.2, 0.25) is 0 Å². The molecule has 2 heterocycles. The van der Waals surface area contributed by atoms with Crippen LogP contribution in [0.3, 0.4) is 0 Å². The van der Waals surface area contributed by atoms with E-state index in [1.54, 1.807) is 17.3 Å². The standard InChI is InChI=1S/C23H19N3O/c1-26(16-17-8-4-2-5-9-17)23(27)19-14-22(18-10-6-3-7-11-18)25-21-12-13-24-15-20(19)21/h2-15H,16H2,1H3. The molecule has 0 bridgehead atoms. The van der Waals surface area contributed by atoms with E-state index in [9.17, 15) is 4.79 Å². The zero-order valence-electron chi connectivity index (χ0n) is 15.0. The topological polar surface area (TPSA) is 46.1 Å². The number of aromatic nitrogens is 2. The first kappa shape index (κ1) is 16.9. The van der Waals surface area contributed by atoms with Gasteiger partial charge in [0.05, 0.1) is 16.8 Å². The lowest BCUT2D eigenvalue weighted by Gasteiger charge is -2.19. The Kier molecular flexibility index (Phi) is 4.62. The van der Waals surface area contributed by atoms with E-state index in [0.29, 0.717) is 12.1 Å². The van der Waals surface area contributed by atoms with Crippen molar-refractivity contribution in [2.45, 2.75) is 6.54 Å². The van der Waals surface area contributed by atoms with Gasteiger partial charge in [0.1, 0.15) is 0 Å². The number of pyridine rings is 2. The van der Waals surface area contributed by atoms with Gasteiger partial charge in [0.25, 0.3) is 5.91 Å². The first-order valence-corrected chi connectivity index (χ1v) is 8.82. The Morgan fingerprint density at radius 3 is 2.41 bits per heavy atom. The summed E-state index contributed by atoms with van der Waals surface area (Å²) in [6.45, 7) is 0.546. The number of carbonyl (C=O) groups excluding carboxylic acids is 1. The average molecular weight is 353 g/mol. The molecule has 2 aromatic heterocycles. The van der Waals surface area contributed by atoms with Crippen LogP contribution in [-0.2, 0) is 6.54 Å². The molecular formula is C23H19N3O. The van der Waals surface area contributed by atoms with Gasteiger partial charge < -0.3 is 4.90 Å². The molecular weight excluding hydrogens is 334 g/mol. The van der Waals surface area contributed by atoms with Gasteiger partial charge in [-0.2, -0.15) is 0 Å². The van der Waals surface area contributed by atoms with Crippen molar-refractivity contribution in [3.8, 4) is 11.3 Å². The van der Waals surface area contributed by atoms with Crippen molar-refractivity contribution in [1.29, 1.82) is 0 Å². The van der Waals surface area contributed by atoms with Gasteiger partial charge >= 0.3 is 0 Å². The van der Waals surface area contributed by atoms with E-state index in [1.807, 2.05) is 79.8 Å². The number of hydrogen-bond donors (Lipinski definition) is 0. The molecule has 0 saturated heterocycles. The van der Waals surface area contributed by atoms with Gasteiger partial charge in [0.15, 0.2) is 0 Å². The van der Waals surface area contributed by atoms with Crippen molar-refractivity contribution in [3.63, 3.8) is 0 Å². The van der Waals surface area contributed by atoms with Crippen LogP contribution in [0.4, 0.5) is 0 Å². The normalized spacial score (nSPS) is 10.7. The minimum Gasteiger partial charge on any atom is -0.337 e. The van der Waals surface area contributed by atoms with Crippen molar-refractivity contribution in [1.82, 2.24) is 14.9 Å². The number of rotatable bonds is 4. The monoisotopic (exact) mass is 353 g/mol. The number of hydrogen-bond acceptors (Lipinski definition) is 3. The van der Waals surface area contributed by atoms with Crippen molar-refractivity contribution < 1.29 is 4.79 Å². The van der Waals surface area contributed by atoms with E-state index in [1.165, 1.54) is 0 Å². The van der Waals surface area contributed by atoms with E-state index in [2.05, 4.69) is 4.98 Å². The average Bonchev–Trinajstić information content (AvgIpc) is 2.73. The minimum atomic E-state index is -0.0450. The van der Waals surface area contributed by atoms with Crippen LogP contribution in [0.5, 0.6) is 0 Å². The summed E-state index contributed by atoms with van der Waals surface area (Å²) >= 11 is 0. The summed E-state index contributed by atoms with van der Waals surface area (Å²) in [6.07, 6.45) is 3.41. The quantitative estimate of drug-likeness (QED) is 0.540. The maximum absolute atomic E-state index is 13.2. The molecule has 0 atom stereocenters. The van der Waals surface area contributed by atoms with E-state index in [0.717, 1.165) is 27.7 Å². The largest absolute Gasteiger partial charge is 0.337 e. The van der Waals surface area contributed by atoms with Crippen LogP contribution in [0.1, 0.15) is 15.9 Å². The SMILES string of the molecule is CN(Cc1ccccc1)C(=O)c1cc(-c2ccccc2)nc2ccncc12. The minimum absolute atomic E-state index is 0.0450. The highest BCUT2D eigenvalue weighted by Crippen LogP contribution is 2.25. The van der Waals surface area contributed by atoms with Gasteiger partial charge in [0, 0.05) is 36.9 Å². The number of nitrogens with zero attached hydrogens (tertiary/aromatic N) is 3. The number of carbonyl (C=O) groups is 1. The summed E-state index contributed by atoms with van der Waals surface area (Å²) in [6, 6.07) is 23.6. The molecule has 0 aliphatic rings. The Bertz CT molecular complexity index is 1080. The molecule has 1 amide bonds. The predicted octanol–water partition coefficient (Wildman–Crippen LogP) is 4.57. The van der Waals surface area contributed by atoms with Crippen LogP contribution >= 0.6 is 0 Å². The molecule has 132 valence electrons. The second-order valence-electron chi connectivity index (χ2n) is 6.46. The molecule has 0 N–H and O–H groups in total. The molecule has 0 aliphatic carbocycles. The highest BCUT2D eigenvalue weighted by atomic mass is 16.2. The Morgan fingerprint density at radius 1 is 0.963 bits per heavy atom. The van der Waals surface area contributed by atoms with Crippen molar-refractivity contribution in [3.05, 3.63) is 96.3 Å². The van der Waals surface area contributed by atoms with Crippen molar-refractivity contribution in [2.24, 2.45) is 0 Å². The number of fused-ring (bicyclic) bond motifs is 1. The summed E-state index contributed by atoms with van der Waals surface area (Å²) < 4.78 is 0. The van der Waals surface area contributed by atoms with Crippen molar-refractivity contribution >= 4 is 16.8 Å². The third-order valence-electron chi connectivity index (χ3n) is 4.52. The molecule has 0 fully saturated rings. The Morgan fingerprint density at radius 2 is 1.67 bits per heavy atom. The smallest absolute Gasteiger partial charge is 0.254 e. The van der Waals surface area contributed by atoms with Crippen molar-refractivity contribution in [2.75, 3.05) is 7.05 Å². The predicted molar refractivity (Wildman–Crippen MR) is 107 cm³/mol. The molecule has 0 saturated carbocycles. The second-order valence-corrected chi connectivity index (χ2v) is 6.46. The van der Waals surface area contributed by atoms with Gasteiger partial charge in [-0.25, -0.2) is 4.98 Å². The van der Waals surface area contributed by atoms with Gasteiger partial charge in [0.2, 0.25) is 0 Å². The zero-order chi connectivity index (χ0) is 18.6. The van der Waals surface area contributed by atoms with Gasteiger partial charge in [-0.15, -0.1) is 0 Å². The first-order chi connectivity index (χ1) is 13.2. The van der Waals surface area contributed by atoms with Crippen LogP contribution in [0.15, 0.2) is 85.2 Å². The van der Waals surface area contributed by atoms with Crippen LogP contribution in [0, 0.1) is 0 Å². The molecule has 0 spiro atoms. The molecule has 4 nitrogen and oxygen atoms in total. The lowest BCUT2D eigenvalue weighted by molar-refractivity contribution is 0.0787. The molecule has 4 aromatic rings. The second kappa shape index (κ2) is 7.38. The van der Waals surface area contributed by atoms with Crippen LogP contribution < -0.4 is 0 Å². The molecule has 0 unspecified atom stereocenters. The number of amides is 1. The molecule has 4 heteroatoms. The fourth-order valence-electron chi connectivity index (χ4n) is 3.14. The Balaban J connectivity index is 1.76. The summed E-state index contributed by atoms with van der Waals surface area (Å²) in [4.78, 5) is 23.9. The van der Waals surface area contributed by atoms with Gasteiger partial charge in [-0.1, -0.05) is 60.7 Å². The molecule has 2 aromatic carbocycles. The Labute approximate surface area is 158 Å². The highest BCUT2D eigenvalue weighted by molar-refractivity contribution is 6.06. The van der Waals surface area contributed by atoms with E-state index in [-0.39, 0.29) is 5.91 Å². The first-order valence-electron chi connectivity index (χ1n) is 8.82. The summed E-state index contributed by atoms with van der Waals surface area (Å²) in [5, 5.41) is 0.766. The lowest BCUT2D eigenvalue weighted by Crippen LogP contribution is -2.26. The third-order valence-corrected chi connectivity index (χ3v) is 4.52. The fraction of sp³-hybridized carbons (Fsp3) is 0.0870. The van der Waals surface area contributed by atoms with Crippen LogP contribution in [-0.4, -0.2) is 27.8 Å².